The van der Waals surface area contributed by atoms with E-state index in [1.807, 2.05) is 57.2 Å². The molecule has 4 nitrogen and oxygen atoms in total. The van der Waals surface area contributed by atoms with Gasteiger partial charge in [0.2, 0.25) is 0 Å². The van der Waals surface area contributed by atoms with Crippen LogP contribution in [-0.2, 0) is 10.2 Å². The maximum absolute atomic E-state index is 12.9. The summed E-state index contributed by atoms with van der Waals surface area (Å²) in [5.74, 6) is 0.0689. The molecule has 0 fully saturated rings. The fourth-order valence-electron chi connectivity index (χ4n) is 2.89. The summed E-state index contributed by atoms with van der Waals surface area (Å²) in [6.45, 7) is 6.11. The molecule has 0 radical (unpaired) electrons. The fourth-order valence-corrected chi connectivity index (χ4v) is 3.94. The molecule has 0 saturated heterocycles. The van der Waals surface area contributed by atoms with Crippen molar-refractivity contribution in [3.8, 4) is 11.8 Å². The summed E-state index contributed by atoms with van der Waals surface area (Å²) in [7, 11) is 0. The number of hydrogen-bond acceptors (Lipinski definition) is 4. The van der Waals surface area contributed by atoms with Crippen LogP contribution in [0.15, 0.2) is 52.3 Å². The second kappa shape index (κ2) is 6.89. The quantitative estimate of drug-likeness (QED) is 0.620. The number of carbonyl (C=O) groups excluding carboxylic acids is 1. The molecule has 0 unspecified atom stereocenters. The second-order valence-electron chi connectivity index (χ2n) is 7.15. The van der Waals surface area contributed by atoms with E-state index in [0.717, 1.165) is 21.7 Å². The third-order valence-electron chi connectivity index (χ3n) is 4.19. The molecule has 0 spiro atoms. The molecule has 0 atom stereocenters. The number of para-hydroxylation sites is 1. The van der Waals surface area contributed by atoms with E-state index in [1.54, 1.807) is 12.1 Å². The zero-order valence-electron chi connectivity index (χ0n) is 15.0. The Kier molecular flexibility index (Phi) is 4.80. The topological polar surface area (TPSA) is 64.3 Å². The summed E-state index contributed by atoms with van der Waals surface area (Å²) in [6, 6.07) is 15.0. The molecule has 1 heterocycles. The normalized spacial score (nSPS) is 15.7. The largest absolute Gasteiger partial charge is 0.508 e. The van der Waals surface area contributed by atoms with Crippen LogP contribution in [0.3, 0.4) is 0 Å². The molecule has 3 rings (SSSR count). The Labute approximate surface area is 157 Å². The lowest BCUT2D eigenvalue weighted by molar-refractivity contribution is -0.114. The molecule has 5 heteroatoms. The number of amides is 1. The van der Waals surface area contributed by atoms with Gasteiger partial charge in [-0.1, -0.05) is 50.7 Å². The number of phenolic OH excluding ortho intramolecular Hbond substituents is 1. The average Bonchev–Trinajstić information content (AvgIpc) is 2.59. The Morgan fingerprint density at radius 3 is 2.65 bits per heavy atom. The number of nitriles is 1. The standard InChI is InChI=1S/C21H20N2O2S/c1-21(2,3)15-12-14(8-9-17(15)24)13-19-20(25)23(11-10-22)16-6-4-5-7-18(16)26-19/h4-9,12-13,24H,11H2,1-3H3. The maximum Gasteiger partial charge on any atom is 0.266 e. The van der Waals surface area contributed by atoms with Crippen LogP contribution in [0, 0.1) is 11.3 Å². The molecule has 26 heavy (non-hydrogen) atoms. The first kappa shape index (κ1) is 18.1. The Hall–Kier alpha value is -2.71. The van der Waals surface area contributed by atoms with Crippen molar-refractivity contribution < 1.29 is 9.90 Å². The minimum Gasteiger partial charge on any atom is -0.508 e. The third-order valence-corrected chi connectivity index (χ3v) is 5.26. The first-order valence-corrected chi connectivity index (χ1v) is 9.14. The van der Waals surface area contributed by atoms with Crippen molar-refractivity contribution in [2.24, 2.45) is 0 Å². The van der Waals surface area contributed by atoms with Crippen LogP contribution in [0.4, 0.5) is 5.69 Å². The number of hydrogen-bond donors (Lipinski definition) is 1. The predicted octanol–water partition coefficient (Wildman–Crippen LogP) is 4.69. The number of phenols is 1. The fraction of sp³-hybridized carbons (Fsp3) is 0.238. The van der Waals surface area contributed by atoms with E-state index in [-0.39, 0.29) is 23.6 Å². The van der Waals surface area contributed by atoms with Gasteiger partial charge in [0.1, 0.15) is 12.3 Å². The van der Waals surface area contributed by atoms with Crippen LogP contribution in [0.1, 0.15) is 31.9 Å². The van der Waals surface area contributed by atoms with Crippen LogP contribution >= 0.6 is 11.8 Å². The highest BCUT2D eigenvalue weighted by Crippen LogP contribution is 2.42. The molecule has 0 aromatic heterocycles. The third kappa shape index (κ3) is 3.47. The number of anilines is 1. The van der Waals surface area contributed by atoms with Gasteiger partial charge >= 0.3 is 0 Å². The second-order valence-corrected chi connectivity index (χ2v) is 8.24. The van der Waals surface area contributed by atoms with E-state index in [9.17, 15) is 9.90 Å². The lowest BCUT2D eigenvalue weighted by Crippen LogP contribution is -2.34. The Morgan fingerprint density at radius 1 is 1.23 bits per heavy atom. The van der Waals surface area contributed by atoms with E-state index in [4.69, 9.17) is 5.26 Å². The molecule has 1 aliphatic rings. The van der Waals surface area contributed by atoms with Gasteiger partial charge in [-0.15, -0.1) is 0 Å². The zero-order valence-corrected chi connectivity index (χ0v) is 15.8. The number of aromatic hydroxyl groups is 1. The van der Waals surface area contributed by atoms with Gasteiger partial charge in [0, 0.05) is 4.90 Å². The van der Waals surface area contributed by atoms with E-state index >= 15 is 0 Å². The first-order chi connectivity index (χ1) is 12.3. The molecule has 1 N–H and O–H groups in total. The van der Waals surface area contributed by atoms with Gasteiger partial charge in [0.25, 0.3) is 5.91 Å². The van der Waals surface area contributed by atoms with Crippen molar-refractivity contribution in [2.45, 2.75) is 31.1 Å². The van der Waals surface area contributed by atoms with Crippen molar-refractivity contribution >= 4 is 29.4 Å². The minimum atomic E-state index is -0.207. The molecule has 132 valence electrons. The molecule has 2 aromatic carbocycles. The predicted molar refractivity (Wildman–Crippen MR) is 105 cm³/mol. The Morgan fingerprint density at radius 2 is 1.96 bits per heavy atom. The van der Waals surface area contributed by atoms with E-state index in [0.29, 0.717) is 4.91 Å². The summed E-state index contributed by atoms with van der Waals surface area (Å²) in [4.78, 5) is 15.9. The monoisotopic (exact) mass is 364 g/mol. The Bertz CT molecular complexity index is 936. The van der Waals surface area contributed by atoms with Crippen molar-refractivity contribution in [3.63, 3.8) is 0 Å². The van der Waals surface area contributed by atoms with Gasteiger partial charge in [-0.3, -0.25) is 9.69 Å². The summed E-state index contributed by atoms with van der Waals surface area (Å²) in [5, 5.41) is 19.2. The molecule has 0 saturated carbocycles. The summed E-state index contributed by atoms with van der Waals surface area (Å²) in [6.07, 6.45) is 1.82. The van der Waals surface area contributed by atoms with Gasteiger partial charge in [0.15, 0.2) is 0 Å². The highest BCUT2D eigenvalue weighted by atomic mass is 32.2. The summed E-state index contributed by atoms with van der Waals surface area (Å²) < 4.78 is 0. The average molecular weight is 364 g/mol. The number of fused-ring (bicyclic) bond motifs is 1. The number of carbonyl (C=O) groups is 1. The highest BCUT2D eigenvalue weighted by molar-refractivity contribution is 8.04. The smallest absolute Gasteiger partial charge is 0.266 e. The lowest BCUT2D eigenvalue weighted by atomic mass is 9.85. The van der Waals surface area contributed by atoms with E-state index < -0.39 is 0 Å². The first-order valence-electron chi connectivity index (χ1n) is 8.32. The van der Waals surface area contributed by atoms with Gasteiger partial charge in [-0.2, -0.15) is 5.26 Å². The highest BCUT2D eigenvalue weighted by Gasteiger charge is 2.29. The molecular formula is C21H20N2O2S. The van der Waals surface area contributed by atoms with E-state index in [1.165, 1.54) is 16.7 Å². The number of thioether (sulfide) groups is 1. The lowest BCUT2D eigenvalue weighted by Gasteiger charge is -2.28. The maximum atomic E-state index is 12.9. The van der Waals surface area contributed by atoms with Crippen molar-refractivity contribution in [1.29, 1.82) is 5.26 Å². The number of benzene rings is 2. The number of rotatable bonds is 2. The zero-order chi connectivity index (χ0) is 18.9. The summed E-state index contributed by atoms with van der Waals surface area (Å²) >= 11 is 1.41. The van der Waals surface area contributed by atoms with Gasteiger partial charge in [-0.25, -0.2) is 0 Å². The molecule has 0 bridgehead atoms. The van der Waals surface area contributed by atoms with Crippen LogP contribution in [-0.4, -0.2) is 17.6 Å². The minimum absolute atomic E-state index is 0.0105. The van der Waals surface area contributed by atoms with Crippen LogP contribution in [0.25, 0.3) is 6.08 Å². The number of nitrogens with zero attached hydrogens (tertiary/aromatic N) is 2. The van der Waals surface area contributed by atoms with Crippen LogP contribution in [0.5, 0.6) is 5.75 Å². The summed E-state index contributed by atoms with van der Waals surface area (Å²) in [5.41, 5.74) is 2.23. The molecule has 1 amide bonds. The SMILES string of the molecule is CC(C)(C)c1cc(C=C2Sc3ccccc3N(CC#N)C2=O)ccc1O. The molecule has 1 aliphatic heterocycles. The van der Waals surface area contributed by atoms with Crippen molar-refractivity contribution in [2.75, 3.05) is 11.4 Å². The van der Waals surface area contributed by atoms with Gasteiger partial charge < -0.3 is 5.11 Å². The Balaban J connectivity index is 2.05. The van der Waals surface area contributed by atoms with E-state index in [2.05, 4.69) is 6.07 Å². The molecule has 2 aromatic rings. The molecule has 0 aliphatic carbocycles. The van der Waals surface area contributed by atoms with Crippen LogP contribution < -0.4 is 4.90 Å². The van der Waals surface area contributed by atoms with Crippen molar-refractivity contribution in [3.05, 3.63) is 58.5 Å². The van der Waals surface area contributed by atoms with Gasteiger partial charge in [0.05, 0.1) is 16.7 Å². The van der Waals surface area contributed by atoms with Crippen molar-refractivity contribution in [1.82, 2.24) is 0 Å². The molecular weight excluding hydrogens is 344 g/mol. The van der Waals surface area contributed by atoms with Gasteiger partial charge in [-0.05, 0) is 46.9 Å². The van der Waals surface area contributed by atoms with Crippen LogP contribution in [0.2, 0.25) is 0 Å².